The van der Waals surface area contributed by atoms with Crippen molar-refractivity contribution in [2.45, 2.75) is 63.3 Å². The van der Waals surface area contributed by atoms with Crippen LogP contribution < -0.4 is 0 Å². The fourth-order valence-electron chi connectivity index (χ4n) is 2.31. The Bertz CT molecular complexity index is 196. The van der Waals surface area contributed by atoms with E-state index in [9.17, 15) is 13.2 Å². The Morgan fingerprint density at radius 2 is 2.00 bits per heavy atom. The lowest BCUT2D eigenvalue weighted by atomic mass is 10.4. The average Bonchev–Trinajstić information content (AvgIpc) is 2.27. The zero-order valence-electron chi connectivity index (χ0n) is 9.85. The molecule has 1 rings (SSSR count). The molecule has 2 unspecified atom stereocenters. The number of rotatable bonds is 6. The maximum absolute atomic E-state index is 13.2. The van der Waals surface area contributed by atoms with Gasteiger partial charge in [0.05, 0.1) is 0 Å². The van der Waals surface area contributed by atoms with Crippen LogP contribution in [0.1, 0.15) is 32.6 Å². The van der Waals surface area contributed by atoms with Gasteiger partial charge in [-0.1, -0.05) is 26.2 Å². The summed E-state index contributed by atoms with van der Waals surface area (Å²) in [6, 6.07) is 1.70. The van der Waals surface area contributed by atoms with E-state index in [1.165, 1.54) is 0 Å². The summed E-state index contributed by atoms with van der Waals surface area (Å²) in [5, 5.41) is 0. The maximum Gasteiger partial charge on any atom is 0.269 e. The molecule has 16 heavy (non-hydrogen) atoms. The molecular formula is C11H21F3OSi. The van der Waals surface area contributed by atoms with Crippen molar-refractivity contribution in [3.05, 3.63) is 0 Å². The van der Waals surface area contributed by atoms with Crippen molar-refractivity contribution < 1.29 is 17.6 Å². The molecule has 5 heteroatoms. The number of halogens is 3. The first-order valence-electron chi connectivity index (χ1n) is 6.16. The van der Waals surface area contributed by atoms with E-state index in [2.05, 4.69) is 6.92 Å². The van der Waals surface area contributed by atoms with Crippen LogP contribution in [0.5, 0.6) is 0 Å². The molecule has 0 aromatic carbocycles. The third kappa shape index (κ3) is 4.09. The molecule has 1 nitrogen and oxygen atoms in total. The molecule has 2 atom stereocenters. The Balaban J connectivity index is 2.54. The van der Waals surface area contributed by atoms with Crippen molar-refractivity contribution in [3.8, 4) is 0 Å². The van der Waals surface area contributed by atoms with Crippen LogP contribution >= 0.6 is 0 Å². The summed E-state index contributed by atoms with van der Waals surface area (Å²) in [4.78, 5) is 0. The quantitative estimate of drug-likeness (QED) is 0.647. The van der Waals surface area contributed by atoms with Crippen LogP contribution in [0, 0.1) is 0 Å². The minimum absolute atomic E-state index is 0.00926. The fourth-order valence-corrected chi connectivity index (χ4v) is 6.74. The fraction of sp³-hybridized carbons (Fsp3) is 1.00. The van der Waals surface area contributed by atoms with E-state index in [0.29, 0.717) is 6.61 Å². The minimum Gasteiger partial charge on any atom is -0.417 e. The van der Waals surface area contributed by atoms with Gasteiger partial charge in [-0.2, -0.15) is 0 Å². The Morgan fingerprint density at radius 1 is 1.25 bits per heavy atom. The number of alkyl halides is 3. The van der Waals surface area contributed by atoms with Crippen molar-refractivity contribution in [3.63, 3.8) is 0 Å². The zero-order valence-corrected chi connectivity index (χ0v) is 10.9. The highest BCUT2D eigenvalue weighted by Crippen LogP contribution is 2.34. The molecule has 0 aromatic heterocycles. The van der Waals surface area contributed by atoms with Gasteiger partial charge < -0.3 is 4.43 Å². The monoisotopic (exact) mass is 254 g/mol. The van der Waals surface area contributed by atoms with Crippen molar-refractivity contribution in [2.24, 2.45) is 0 Å². The largest absolute Gasteiger partial charge is 0.417 e. The van der Waals surface area contributed by atoms with E-state index in [0.717, 1.165) is 37.8 Å². The summed E-state index contributed by atoms with van der Waals surface area (Å²) in [6.07, 6.45) is -0.831. The molecule has 0 radical (unpaired) electrons. The van der Waals surface area contributed by atoms with Crippen LogP contribution in [-0.2, 0) is 4.43 Å². The first-order chi connectivity index (χ1) is 7.59. The van der Waals surface area contributed by atoms with Gasteiger partial charge in [-0.05, 0) is 18.5 Å². The molecule has 0 amide bonds. The second-order valence-corrected chi connectivity index (χ2v) is 8.71. The van der Waals surface area contributed by atoms with Crippen LogP contribution in [-0.4, -0.2) is 27.5 Å². The van der Waals surface area contributed by atoms with Crippen molar-refractivity contribution in [1.82, 2.24) is 0 Å². The van der Waals surface area contributed by atoms with Gasteiger partial charge in [0.2, 0.25) is 0 Å². The topological polar surface area (TPSA) is 9.23 Å². The van der Waals surface area contributed by atoms with E-state index in [1.807, 2.05) is 0 Å². The minimum atomic E-state index is -2.85. The molecule has 0 aliphatic carbocycles. The van der Waals surface area contributed by atoms with Gasteiger partial charge in [0.25, 0.3) is 6.43 Å². The van der Waals surface area contributed by atoms with Gasteiger partial charge in [0, 0.05) is 12.7 Å². The van der Waals surface area contributed by atoms with Gasteiger partial charge in [0.15, 0.2) is 14.5 Å². The predicted molar refractivity (Wildman–Crippen MR) is 61.2 cm³/mol. The number of hydrogen-bond acceptors (Lipinski definition) is 1. The third-order valence-electron chi connectivity index (χ3n) is 3.26. The molecule has 0 spiro atoms. The van der Waals surface area contributed by atoms with E-state index in [1.54, 1.807) is 0 Å². The maximum atomic E-state index is 13.2. The SMILES string of the molecule is CCCC[Si]1(CC(F)C(F)F)CCCCO1. The molecule has 1 aliphatic heterocycles. The van der Waals surface area contributed by atoms with Gasteiger partial charge in [-0.15, -0.1) is 0 Å². The van der Waals surface area contributed by atoms with Gasteiger partial charge in [-0.25, -0.2) is 13.2 Å². The van der Waals surface area contributed by atoms with Crippen molar-refractivity contribution in [1.29, 1.82) is 0 Å². The molecule has 0 aromatic rings. The Morgan fingerprint density at radius 3 is 2.50 bits per heavy atom. The normalized spacial score (nSPS) is 28.3. The van der Waals surface area contributed by atoms with E-state index in [4.69, 9.17) is 4.43 Å². The van der Waals surface area contributed by atoms with Gasteiger partial charge >= 0.3 is 0 Å². The zero-order chi connectivity index (χ0) is 12.0. The number of hydrogen-bond donors (Lipinski definition) is 0. The molecule has 0 bridgehead atoms. The van der Waals surface area contributed by atoms with Crippen molar-refractivity contribution in [2.75, 3.05) is 6.61 Å². The molecule has 0 N–H and O–H groups in total. The van der Waals surface area contributed by atoms with Crippen LogP contribution in [0.2, 0.25) is 18.1 Å². The molecule has 96 valence electrons. The molecular weight excluding hydrogens is 233 g/mol. The first kappa shape index (κ1) is 14.0. The summed E-state index contributed by atoms with van der Waals surface area (Å²) < 4.78 is 43.5. The standard InChI is InChI=1S/C11H21F3OSi/c1-2-3-7-16(8-5-4-6-15-16)9-10(12)11(13)14/h10-11H,2-9H2,1H3. The molecule has 1 heterocycles. The summed E-state index contributed by atoms with van der Waals surface area (Å²) in [6.45, 7) is 2.71. The smallest absolute Gasteiger partial charge is 0.269 e. The predicted octanol–water partition coefficient (Wildman–Crippen LogP) is 4.15. The van der Waals surface area contributed by atoms with E-state index < -0.39 is 20.9 Å². The Kier molecular flexibility index (Phi) is 5.82. The number of unbranched alkanes of at least 4 members (excludes halogenated alkanes) is 1. The van der Waals surface area contributed by atoms with Crippen LogP contribution in [0.4, 0.5) is 13.2 Å². The molecule has 1 fully saturated rings. The average molecular weight is 254 g/mol. The van der Waals surface area contributed by atoms with Gasteiger partial charge in [-0.3, -0.25) is 0 Å². The summed E-state index contributed by atoms with van der Waals surface area (Å²) in [7, 11) is -2.18. The van der Waals surface area contributed by atoms with Crippen molar-refractivity contribution >= 4 is 8.32 Å². The highest BCUT2D eigenvalue weighted by molar-refractivity contribution is 6.74. The third-order valence-corrected chi connectivity index (χ3v) is 7.74. The van der Waals surface area contributed by atoms with Crippen LogP contribution in [0.25, 0.3) is 0 Å². The van der Waals surface area contributed by atoms with E-state index in [-0.39, 0.29) is 6.04 Å². The Hall–Kier alpha value is -0.0331. The van der Waals surface area contributed by atoms with Gasteiger partial charge in [0.1, 0.15) is 0 Å². The Labute approximate surface area is 96.5 Å². The lowest BCUT2D eigenvalue weighted by Gasteiger charge is -2.36. The molecule has 1 saturated heterocycles. The highest BCUT2D eigenvalue weighted by Gasteiger charge is 2.40. The lowest BCUT2D eigenvalue weighted by Crippen LogP contribution is -2.44. The molecule has 0 saturated carbocycles. The lowest BCUT2D eigenvalue weighted by molar-refractivity contribution is 0.0561. The first-order valence-corrected chi connectivity index (χ1v) is 8.69. The van der Waals surface area contributed by atoms with Crippen LogP contribution in [0.3, 0.4) is 0 Å². The second kappa shape index (κ2) is 6.64. The summed E-state index contributed by atoms with van der Waals surface area (Å²) in [5.74, 6) is 0. The second-order valence-electron chi connectivity index (χ2n) is 4.65. The van der Waals surface area contributed by atoms with Crippen LogP contribution in [0.15, 0.2) is 0 Å². The highest BCUT2D eigenvalue weighted by atomic mass is 28.4. The molecule has 1 aliphatic rings. The van der Waals surface area contributed by atoms with E-state index >= 15 is 0 Å². The summed E-state index contributed by atoms with van der Waals surface area (Å²) >= 11 is 0. The summed E-state index contributed by atoms with van der Waals surface area (Å²) in [5.41, 5.74) is 0.